The highest BCUT2D eigenvalue weighted by Gasteiger charge is 2.17. The van der Waals surface area contributed by atoms with Crippen molar-refractivity contribution in [3.05, 3.63) is 12.2 Å². The molecule has 0 spiro atoms. The van der Waals surface area contributed by atoms with Gasteiger partial charge in [0.1, 0.15) is 6.61 Å². The SMILES string of the molecule is CCCCCC/C=C\CCCCCCCC(=O)OCC(COCCCCCCCCCC)OC(=O)CCCCCCC. The molecule has 248 valence electrons. The zero-order valence-electron chi connectivity index (χ0n) is 28.3. The predicted octanol–water partition coefficient (Wildman–Crippen LogP) is 11.2. The number of hydrogen-bond donors (Lipinski definition) is 0. The molecule has 42 heavy (non-hydrogen) atoms. The quantitative estimate of drug-likeness (QED) is 0.0429. The molecule has 1 unspecified atom stereocenters. The van der Waals surface area contributed by atoms with Crippen molar-refractivity contribution < 1.29 is 23.8 Å². The van der Waals surface area contributed by atoms with Gasteiger partial charge in [-0.05, 0) is 44.9 Å². The summed E-state index contributed by atoms with van der Waals surface area (Å²) >= 11 is 0. The molecule has 0 aliphatic carbocycles. The van der Waals surface area contributed by atoms with E-state index in [-0.39, 0.29) is 18.5 Å². The number of hydrogen-bond acceptors (Lipinski definition) is 5. The van der Waals surface area contributed by atoms with E-state index in [2.05, 4.69) is 32.9 Å². The zero-order chi connectivity index (χ0) is 30.8. The maximum atomic E-state index is 12.4. The van der Waals surface area contributed by atoms with Crippen LogP contribution in [0.15, 0.2) is 12.2 Å². The van der Waals surface area contributed by atoms with Crippen LogP contribution in [-0.2, 0) is 23.8 Å². The van der Waals surface area contributed by atoms with E-state index in [1.807, 2.05) is 0 Å². The van der Waals surface area contributed by atoms with Gasteiger partial charge in [0.15, 0.2) is 6.10 Å². The van der Waals surface area contributed by atoms with Gasteiger partial charge in [-0.2, -0.15) is 0 Å². The zero-order valence-corrected chi connectivity index (χ0v) is 28.3. The minimum Gasteiger partial charge on any atom is -0.462 e. The molecule has 5 heteroatoms. The normalized spacial score (nSPS) is 12.2. The van der Waals surface area contributed by atoms with Crippen LogP contribution < -0.4 is 0 Å². The molecule has 0 aromatic heterocycles. The van der Waals surface area contributed by atoms with Crippen molar-refractivity contribution in [3.8, 4) is 0 Å². The first-order valence-corrected chi connectivity index (χ1v) is 18.2. The molecule has 0 rings (SSSR count). The summed E-state index contributed by atoms with van der Waals surface area (Å²) in [4.78, 5) is 24.7. The van der Waals surface area contributed by atoms with Crippen molar-refractivity contribution in [2.75, 3.05) is 19.8 Å². The van der Waals surface area contributed by atoms with Gasteiger partial charge >= 0.3 is 11.9 Å². The fraction of sp³-hybridized carbons (Fsp3) is 0.892. The Morgan fingerprint density at radius 3 is 1.48 bits per heavy atom. The Kier molecular flexibility index (Phi) is 33.0. The van der Waals surface area contributed by atoms with Crippen LogP contribution in [0.1, 0.15) is 188 Å². The molecule has 0 aliphatic rings. The number of allylic oxidation sites excluding steroid dienone is 2. The monoisotopic (exact) mass is 595 g/mol. The first-order chi connectivity index (χ1) is 20.6. The number of rotatable bonds is 33. The van der Waals surface area contributed by atoms with Gasteiger partial charge in [0, 0.05) is 19.4 Å². The molecule has 0 heterocycles. The highest BCUT2D eigenvalue weighted by molar-refractivity contribution is 5.70. The van der Waals surface area contributed by atoms with Crippen LogP contribution in [0.25, 0.3) is 0 Å². The number of carbonyl (C=O) groups excluding carboxylic acids is 2. The smallest absolute Gasteiger partial charge is 0.306 e. The Labute approximate surface area is 261 Å². The molecular formula is C37H70O5. The van der Waals surface area contributed by atoms with E-state index in [4.69, 9.17) is 14.2 Å². The van der Waals surface area contributed by atoms with Crippen LogP contribution in [-0.4, -0.2) is 37.9 Å². The lowest BCUT2D eigenvalue weighted by Gasteiger charge is -2.18. The van der Waals surface area contributed by atoms with Crippen LogP contribution in [0.3, 0.4) is 0 Å². The Bertz CT molecular complexity index is 603. The molecule has 0 saturated carbocycles. The van der Waals surface area contributed by atoms with Crippen LogP contribution in [0.4, 0.5) is 0 Å². The van der Waals surface area contributed by atoms with E-state index in [0.29, 0.717) is 26.1 Å². The summed E-state index contributed by atoms with van der Waals surface area (Å²) < 4.78 is 17.0. The molecule has 0 amide bonds. The highest BCUT2D eigenvalue weighted by atomic mass is 16.6. The average molecular weight is 595 g/mol. The third kappa shape index (κ3) is 31.6. The molecule has 0 saturated heterocycles. The highest BCUT2D eigenvalue weighted by Crippen LogP contribution is 2.12. The lowest BCUT2D eigenvalue weighted by Crippen LogP contribution is -2.30. The van der Waals surface area contributed by atoms with Crippen molar-refractivity contribution in [1.29, 1.82) is 0 Å². The molecule has 0 fully saturated rings. The summed E-state index contributed by atoms with van der Waals surface area (Å²) in [7, 11) is 0. The maximum Gasteiger partial charge on any atom is 0.306 e. The molecule has 0 aromatic rings. The first-order valence-electron chi connectivity index (χ1n) is 18.2. The Hall–Kier alpha value is -1.36. The number of unbranched alkanes of at least 4 members (excludes halogenated alkanes) is 20. The lowest BCUT2D eigenvalue weighted by molar-refractivity contribution is -0.163. The van der Waals surface area contributed by atoms with E-state index in [1.54, 1.807) is 0 Å². The van der Waals surface area contributed by atoms with Crippen molar-refractivity contribution in [3.63, 3.8) is 0 Å². The van der Waals surface area contributed by atoms with E-state index in [1.165, 1.54) is 103 Å². The third-order valence-electron chi connectivity index (χ3n) is 7.80. The van der Waals surface area contributed by atoms with Crippen LogP contribution in [0.2, 0.25) is 0 Å². The van der Waals surface area contributed by atoms with Gasteiger partial charge in [-0.3, -0.25) is 9.59 Å². The average Bonchev–Trinajstić information content (AvgIpc) is 2.99. The van der Waals surface area contributed by atoms with Crippen molar-refractivity contribution >= 4 is 11.9 Å². The summed E-state index contributed by atoms with van der Waals surface area (Å²) in [6.07, 6.45) is 33.6. The second-order valence-electron chi connectivity index (χ2n) is 12.1. The molecule has 0 aromatic carbocycles. The predicted molar refractivity (Wildman–Crippen MR) is 178 cm³/mol. The molecule has 0 N–H and O–H groups in total. The lowest BCUT2D eigenvalue weighted by atomic mass is 10.1. The van der Waals surface area contributed by atoms with Gasteiger partial charge < -0.3 is 14.2 Å². The number of ether oxygens (including phenoxy) is 3. The number of carbonyl (C=O) groups is 2. The van der Waals surface area contributed by atoms with Gasteiger partial charge in [0.05, 0.1) is 6.61 Å². The van der Waals surface area contributed by atoms with Crippen LogP contribution in [0.5, 0.6) is 0 Å². The Balaban J connectivity index is 4.10. The summed E-state index contributed by atoms with van der Waals surface area (Å²) in [5, 5.41) is 0. The minimum absolute atomic E-state index is 0.0859. The fourth-order valence-corrected chi connectivity index (χ4v) is 5.03. The first kappa shape index (κ1) is 40.6. The second kappa shape index (κ2) is 34.1. The molecule has 0 radical (unpaired) electrons. The standard InChI is InChI=1S/C37H70O5/c1-4-7-10-13-15-17-18-19-20-21-22-25-27-30-36(38)41-34-35(42-37(39)31-28-24-12-9-6-3)33-40-32-29-26-23-16-14-11-8-5-2/h17-18,35H,4-16,19-34H2,1-3H3/b18-17-. The van der Waals surface area contributed by atoms with Crippen molar-refractivity contribution in [2.24, 2.45) is 0 Å². The van der Waals surface area contributed by atoms with Crippen LogP contribution >= 0.6 is 0 Å². The molecule has 0 bridgehead atoms. The topological polar surface area (TPSA) is 61.8 Å². The summed E-state index contributed by atoms with van der Waals surface area (Å²) in [6.45, 7) is 7.71. The Morgan fingerprint density at radius 1 is 0.500 bits per heavy atom. The molecule has 5 nitrogen and oxygen atoms in total. The van der Waals surface area contributed by atoms with Crippen molar-refractivity contribution in [1.82, 2.24) is 0 Å². The molecule has 1 atom stereocenters. The minimum atomic E-state index is -0.522. The van der Waals surface area contributed by atoms with Gasteiger partial charge in [0.25, 0.3) is 0 Å². The van der Waals surface area contributed by atoms with Gasteiger partial charge in [-0.1, -0.05) is 142 Å². The second-order valence-corrected chi connectivity index (χ2v) is 12.1. The maximum absolute atomic E-state index is 12.4. The van der Waals surface area contributed by atoms with E-state index in [0.717, 1.165) is 51.4 Å². The van der Waals surface area contributed by atoms with E-state index >= 15 is 0 Å². The van der Waals surface area contributed by atoms with E-state index in [9.17, 15) is 9.59 Å². The van der Waals surface area contributed by atoms with Crippen molar-refractivity contribution in [2.45, 2.75) is 194 Å². The van der Waals surface area contributed by atoms with Gasteiger partial charge in [-0.25, -0.2) is 0 Å². The van der Waals surface area contributed by atoms with Gasteiger partial charge in [0.2, 0.25) is 0 Å². The molecular weight excluding hydrogens is 524 g/mol. The Morgan fingerprint density at radius 2 is 0.929 bits per heavy atom. The largest absolute Gasteiger partial charge is 0.462 e. The van der Waals surface area contributed by atoms with E-state index < -0.39 is 6.10 Å². The third-order valence-corrected chi connectivity index (χ3v) is 7.80. The summed E-state index contributed by atoms with van der Waals surface area (Å²) in [6, 6.07) is 0. The number of esters is 2. The van der Waals surface area contributed by atoms with Crippen LogP contribution in [0, 0.1) is 0 Å². The summed E-state index contributed by atoms with van der Waals surface area (Å²) in [5.74, 6) is -0.417. The summed E-state index contributed by atoms with van der Waals surface area (Å²) in [5.41, 5.74) is 0. The fourth-order valence-electron chi connectivity index (χ4n) is 5.03. The molecule has 0 aliphatic heterocycles. The van der Waals surface area contributed by atoms with Gasteiger partial charge in [-0.15, -0.1) is 0 Å².